The fourth-order valence-electron chi connectivity index (χ4n) is 4.75. The number of hydrogen-bond donors (Lipinski definition) is 1. The molecule has 3 aromatic rings. The Morgan fingerprint density at radius 3 is 2.23 bits per heavy atom. The molecule has 232 valence electrons. The third-order valence-corrected chi connectivity index (χ3v) is 9.21. The lowest BCUT2D eigenvalue weighted by atomic mass is 10.0. The highest BCUT2D eigenvalue weighted by Crippen LogP contribution is 2.29. The van der Waals surface area contributed by atoms with Gasteiger partial charge in [0.25, 0.3) is 0 Å². The van der Waals surface area contributed by atoms with E-state index in [2.05, 4.69) is 5.32 Å². The van der Waals surface area contributed by atoms with Gasteiger partial charge in [0.2, 0.25) is 21.8 Å². The SMILES string of the molecule is CCCCNC(=O)C(Cc1ccccc1)N(Cc1c(Cl)cccc1Cl)C(=O)CCCN(c1cc(Cl)ccc1C)S(C)(=O)=O. The minimum Gasteiger partial charge on any atom is -0.354 e. The monoisotopic (exact) mass is 665 g/mol. The summed E-state index contributed by atoms with van der Waals surface area (Å²) < 4.78 is 26.8. The van der Waals surface area contributed by atoms with Crippen LogP contribution in [0.25, 0.3) is 0 Å². The fourth-order valence-corrected chi connectivity index (χ4v) is 6.45. The van der Waals surface area contributed by atoms with Gasteiger partial charge in [-0.1, -0.05) is 90.6 Å². The zero-order valence-electron chi connectivity index (χ0n) is 24.7. The summed E-state index contributed by atoms with van der Waals surface area (Å²) in [5.41, 5.74) is 2.62. The Hall–Kier alpha value is -2.78. The van der Waals surface area contributed by atoms with Gasteiger partial charge in [-0.3, -0.25) is 13.9 Å². The average Bonchev–Trinajstić information content (AvgIpc) is 2.95. The van der Waals surface area contributed by atoms with Crippen LogP contribution < -0.4 is 9.62 Å². The Balaban J connectivity index is 1.93. The van der Waals surface area contributed by atoms with E-state index in [1.165, 1.54) is 9.21 Å². The maximum absolute atomic E-state index is 14.0. The van der Waals surface area contributed by atoms with Crippen LogP contribution in [0.4, 0.5) is 5.69 Å². The summed E-state index contributed by atoms with van der Waals surface area (Å²) in [4.78, 5) is 29.1. The van der Waals surface area contributed by atoms with Crippen LogP contribution in [0.2, 0.25) is 15.1 Å². The van der Waals surface area contributed by atoms with Crippen LogP contribution in [0.5, 0.6) is 0 Å². The van der Waals surface area contributed by atoms with Gasteiger partial charge >= 0.3 is 0 Å². The molecule has 0 bridgehead atoms. The van der Waals surface area contributed by atoms with Crippen LogP contribution in [0, 0.1) is 6.92 Å². The lowest BCUT2D eigenvalue weighted by molar-refractivity contribution is -0.141. The quantitative estimate of drug-likeness (QED) is 0.176. The maximum Gasteiger partial charge on any atom is 0.243 e. The Morgan fingerprint density at radius 1 is 0.930 bits per heavy atom. The standard InChI is InChI=1S/C32H38Cl3N3O4S/c1-4-5-18-36-32(40)30(20-24-11-7-6-8-12-24)37(22-26-27(34)13-9-14-28(26)35)31(39)15-10-19-38(43(3,41)42)29-21-25(33)17-16-23(29)2/h6-9,11-14,16-17,21,30H,4-5,10,15,18-20,22H2,1-3H3,(H,36,40). The van der Waals surface area contributed by atoms with Crippen molar-refractivity contribution in [3.8, 4) is 0 Å². The van der Waals surface area contributed by atoms with Crippen molar-refractivity contribution >= 4 is 62.3 Å². The summed E-state index contributed by atoms with van der Waals surface area (Å²) in [6, 6.07) is 18.8. The molecule has 0 aliphatic heterocycles. The molecule has 0 radical (unpaired) electrons. The molecular weight excluding hydrogens is 629 g/mol. The van der Waals surface area contributed by atoms with E-state index in [-0.39, 0.29) is 44.2 Å². The summed E-state index contributed by atoms with van der Waals surface area (Å²) in [6.45, 7) is 4.39. The van der Waals surface area contributed by atoms with E-state index in [1.54, 1.807) is 43.3 Å². The van der Waals surface area contributed by atoms with Crippen LogP contribution in [0.3, 0.4) is 0 Å². The number of unbranched alkanes of at least 4 members (excludes halogenated alkanes) is 1. The molecule has 1 unspecified atom stereocenters. The molecule has 1 N–H and O–H groups in total. The predicted molar refractivity (Wildman–Crippen MR) is 176 cm³/mol. The zero-order valence-corrected chi connectivity index (χ0v) is 27.7. The zero-order chi connectivity index (χ0) is 31.6. The highest BCUT2D eigenvalue weighted by atomic mass is 35.5. The smallest absolute Gasteiger partial charge is 0.243 e. The Bertz CT molecular complexity index is 1480. The first-order chi connectivity index (χ1) is 20.4. The molecule has 2 amide bonds. The van der Waals surface area contributed by atoms with Crippen molar-refractivity contribution in [3.63, 3.8) is 0 Å². The molecule has 0 fully saturated rings. The number of nitrogens with one attached hydrogen (secondary N) is 1. The van der Waals surface area contributed by atoms with Crippen LogP contribution in [-0.2, 0) is 32.6 Å². The molecule has 3 rings (SSSR count). The van der Waals surface area contributed by atoms with Gasteiger partial charge in [0, 0.05) is 53.1 Å². The van der Waals surface area contributed by atoms with E-state index in [9.17, 15) is 18.0 Å². The molecule has 0 saturated carbocycles. The topological polar surface area (TPSA) is 86.8 Å². The minimum absolute atomic E-state index is 0.0127. The van der Waals surface area contributed by atoms with Gasteiger partial charge in [-0.2, -0.15) is 0 Å². The van der Waals surface area contributed by atoms with Crippen LogP contribution in [0.15, 0.2) is 66.7 Å². The van der Waals surface area contributed by atoms with Crippen molar-refractivity contribution in [1.29, 1.82) is 0 Å². The largest absolute Gasteiger partial charge is 0.354 e. The first-order valence-electron chi connectivity index (χ1n) is 14.2. The Morgan fingerprint density at radius 2 is 1.60 bits per heavy atom. The van der Waals surface area contributed by atoms with Crippen molar-refractivity contribution in [2.45, 2.75) is 58.5 Å². The van der Waals surface area contributed by atoms with Crippen LogP contribution >= 0.6 is 34.8 Å². The number of anilines is 1. The number of carbonyl (C=O) groups excluding carboxylic acids is 2. The minimum atomic E-state index is -3.67. The average molecular weight is 667 g/mol. The summed E-state index contributed by atoms with van der Waals surface area (Å²) in [6.07, 6.45) is 3.31. The number of nitrogens with zero attached hydrogens (tertiary/aromatic N) is 2. The molecule has 0 heterocycles. The van der Waals surface area contributed by atoms with Crippen molar-refractivity contribution in [3.05, 3.63) is 98.5 Å². The van der Waals surface area contributed by atoms with E-state index in [1.807, 2.05) is 37.3 Å². The highest BCUT2D eigenvalue weighted by Gasteiger charge is 2.31. The van der Waals surface area contributed by atoms with E-state index in [0.29, 0.717) is 32.9 Å². The number of sulfonamides is 1. The molecule has 0 aliphatic carbocycles. The molecule has 0 spiro atoms. The van der Waals surface area contributed by atoms with E-state index in [4.69, 9.17) is 34.8 Å². The predicted octanol–water partition coefficient (Wildman–Crippen LogP) is 7.06. The van der Waals surface area contributed by atoms with Gasteiger partial charge in [0.15, 0.2) is 0 Å². The summed E-state index contributed by atoms with van der Waals surface area (Å²) in [7, 11) is -3.67. The van der Waals surface area contributed by atoms with E-state index >= 15 is 0 Å². The molecule has 0 aliphatic rings. The van der Waals surface area contributed by atoms with Crippen LogP contribution in [-0.4, -0.2) is 50.5 Å². The lowest BCUT2D eigenvalue weighted by Gasteiger charge is -2.32. The molecule has 0 aromatic heterocycles. The number of halogens is 3. The number of benzene rings is 3. The number of hydrogen-bond acceptors (Lipinski definition) is 4. The van der Waals surface area contributed by atoms with Gasteiger partial charge in [0.1, 0.15) is 6.04 Å². The van der Waals surface area contributed by atoms with Crippen molar-refractivity contribution in [2.75, 3.05) is 23.7 Å². The van der Waals surface area contributed by atoms with E-state index in [0.717, 1.165) is 30.2 Å². The molecule has 0 saturated heterocycles. The Labute approximate surface area is 270 Å². The van der Waals surface area contributed by atoms with Gasteiger partial charge in [-0.25, -0.2) is 8.42 Å². The highest BCUT2D eigenvalue weighted by molar-refractivity contribution is 7.92. The first-order valence-corrected chi connectivity index (χ1v) is 17.2. The molecule has 43 heavy (non-hydrogen) atoms. The van der Waals surface area contributed by atoms with Crippen molar-refractivity contribution in [2.24, 2.45) is 0 Å². The summed E-state index contributed by atoms with van der Waals surface area (Å²) >= 11 is 19.2. The third kappa shape index (κ3) is 10.1. The molecule has 11 heteroatoms. The lowest BCUT2D eigenvalue weighted by Crippen LogP contribution is -2.50. The number of carbonyl (C=O) groups is 2. The van der Waals surface area contributed by atoms with Crippen molar-refractivity contribution in [1.82, 2.24) is 10.2 Å². The molecular formula is C32H38Cl3N3O4S. The van der Waals surface area contributed by atoms with Crippen LogP contribution in [0.1, 0.15) is 49.3 Å². The number of rotatable bonds is 15. The number of aryl methyl sites for hydroxylation is 1. The van der Waals surface area contributed by atoms with Gasteiger partial charge < -0.3 is 10.2 Å². The first kappa shape index (κ1) is 34.7. The normalized spacial score (nSPS) is 12.0. The Kier molecular flexibility index (Phi) is 13.2. The third-order valence-electron chi connectivity index (χ3n) is 7.08. The maximum atomic E-state index is 14.0. The summed E-state index contributed by atoms with van der Waals surface area (Å²) in [5, 5.41) is 4.16. The number of amides is 2. The summed E-state index contributed by atoms with van der Waals surface area (Å²) in [5.74, 6) is -0.597. The second kappa shape index (κ2) is 16.3. The molecule has 7 nitrogen and oxygen atoms in total. The second-order valence-electron chi connectivity index (χ2n) is 10.4. The van der Waals surface area contributed by atoms with Gasteiger partial charge in [-0.15, -0.1) is 0 Å². The van der Waals surface area contributed by atoms with E-state index < -0.39 is 16.1 Å². The fraction of sp³-hybridized carbons (Fsp3) is 0.375. The van der Waals surface area contributed by atoms with Gasteiger partial charge in [-0.05, 0) is 55.2 Å². The second-order valence-corrected chi connectivity index (χ2v) is 13.6. The van der Waals surface area contributed by atoms with Crippen molar-refractivity contribution < 1.29 is 18.0 Å². The van der Waals surface area contributed by atoms with Gasteiger partial charge in [0.05, 0.1) is 11.9 Å². The molecule has 3 aromatic carbocycles. The molecule has 1 atom stereocenters.